The normalized spacial score (nSPS) is 20.1. The third-order valence-corrected chi connectivity index (χ3v) is 3.83. The number of thioether (sulfide) groups is 1. The van der Waals surface area contributed by atoms with Crippen molar-refractivity contribution in [2.75, 3.05) is 44.9 Å². The maximum atomic E-state index is 12.4. The molecule has 1 unspecified atom stereocenters. The lowest BCUT2D eigenvalue weighted by Crippen LogP contribution is -2.44. The lowest BCUT2D eigenvalue weighted by atomic mass is 10.2. The molecule has 1 saturated heterocycles. The molecule has 0 spiro atoms. The quantitative estimate of drug-likeness (QED) is 0.751. The van der Waals surface area contributed by atoms with Crippen molar-refractivity contribution in [2.24, 2.45) is 0 Å². The first-order valence-electron chi connectivity index (χ1n) is 5.99. The summed E-state index contributed by atoms with van der Waals surface area (Å²) in [5.41, 5.74) is 0. The number of halogens is 2. The van der Waals surface area contributed by atoms with Gasteiger partial charge in [-0.1, -0.05) is 0 Å². The van der Waals surface area contributed by atoms with Crippen LogP contribution < -0.4 is 5.32 Å². The lowest BCUT2D eigenvalue weighted by molar-refractivity contribution is -0.134. The molecule has 0 bridgehead atoms. The van der Waals surface area contributed by atoms with Gasteiger partial charge >= 0.3 is 0 Å². The Morgan fingerprint density at radius 1 is 1.61 bits per heavy atom. The van der Waals surface area contributed by atoms with E-state index >= 15 is 0 Å². The fraction of sp³-hybridized carbons (Fsp3) is 0.909. The fourth-order valence-electron chi connectivity index (χ4n) is 1.78. The fourth-order valence-corrected chi connectivity index (χ4v) is 2.73. The van der Waals surface area contributed by atoms with Crippen molar-refractivity contribution in [3.05, 3.63) is 0 Å². The highest BCUT2D eigenvalue weighted by molar-refractivity contribution is 7.99. The number of alkyl halides is 2. The Kier molecular flexibility index (Phi) is 7.53. The van der Waals surface area contributed by atoms with E-state index < -0.39 is 13.0 Å². The Balaban J connectivity index is 2.40. The summed E-state index contributed by atoms with van der Waals surface area (Å²) < 4.78 is 29.6. The van der Waals surface area contributed by atoms with Crippen molar-refractivity contribution in [3.8, 4) is 0 Å². The maximum Gasteiger partial charge on any atom is 0.255 e. The number of hydrogen-bond acceptors (Lipinski definition) is 4. The van der Waals surface area contributed by atoms with Gasteiger partial charge in [0.15, 0.2) is 0 Å². The van der Waals surface area contributed by atoms with Gasteiger partial charge in [0.05, 0.1) is 13.2 Å². The van der Waals surface area contributed by atoms with Gasteiger partial charge in [0.25, 0.3) is 6.43 Å². The van der Waals surface area contributed by atoms with Crippen LogP contribution in [-0.2, 0) is 9.53 Å². The number of nitrogens with zero attached hydrogens (tertiary/aromatic N) is 1. The first-order chi connectivity index (χ1) is 8.63. The molecule has 1 amide bonds. The number of amides is 1. The van der Waals surface area contributed by atoms with Crippen LogP contribution in [0.5, 0.6) is 0 Å². The minimum absolute atomic E-state index is 0.0963. The number of rotatable bonds is 7. The smallest absolute Gasteiger partial charge is 0.255 e. The van der Waals surface area contributed by atoms with Crippen LogP contribution in [0.2, 0.25) is 0 Å². The first-order valence-corrected chi connectivity index (χ1v) is 7.15. The van der Waals surface area contributed by atoms with Gasteiger partial charge in [-0.05, 0) is 0 Å². The lowest BCUT2D eigenvalue weighted by Gasteiger charge is -2.27. The Morgan fingerprint density at radius 2 is 2.39 bits per heavy atom. The summed E-state index contributed by atoms with van der Waals surface area (Å²) in [4.78, 5) is 13.1. The van der Waals surface area contributed by atoms with Crippen molar-refractivity contribution >= 4 is 17.7 Å². The molecule has 0 aromatic rings. The van der Waals surface area contributed by atoms with Gasteiger partial charge in [-0.3, -0.25) is 4.79 Å². The summed E-state index contributed by atoms with van der Waals surface area (Å²) in [5.74, 6) is 1.67. The highest BCUT2D eigenvalue weighted by atomic mass is 32.2. The molecule has 106 valence electrons. The van der Waals surface area contributed by atoms with E-state index in [2.05, 4.69) is 5.32 Å². The number of carbonyl (C=O) groups is 1. The van der Waals surface area contributed by atoms with E-state index in [0.29, 0.717) is 0 Å². The SMILES string of the molecule is COCCN(CC(F)F)C(=O)CC1CSCCN1. The van der Waals surface area contributed by atoms with Crippen LogP contribution in [0.3, 0.4) is 0 Å². The third-order valence-electron chi connectivity index (χ3n) is 2.70. The van der Waals surface area contributed by atoms with Crippen molar-refractivity contribution < 1.29 is 18.3 Å². The maximum absolute atomic E-state index is 12.4. The van der Waals surface area contributed by atoms with Crippen LogP contribution in [0.1, 0.15) is 6.42 Å². The topological polar surface area (TPSA) is 41.6 Å². The van der Waals surface area contributed by atoms with E-state index in [4.69, 9.17) is 4.74 Å². The van der Waals surface area contributed by atoms with Gasteiger partial charge in [-0.25, -0.2) is 8.78 Å². The molecule has 1 N–H and O–H groups in total. The average Bonchev–Trinajstić information content (AvgIpc) is 2.35. The molecule has 1 aliphatic heterocycles. The van der Waals surface area contributed by atoms with E-state index in [0.717, 1.165) is 18.1 Å². The number of carbonyl (C=O) groups excluding carboxylic acids is 1. The van der Waals surface area contributed by atoms with Gasteiger partial charge < -0.3 is 15.0 Å². The summed E-state index contributed by atoms with van der Waals surface area (Å²) >= 11 is 1.78. The second kappa shape index (κ2) is 8.66. The van der Waals surface area contributed by atoms with E-state index in [9.17, 15) is 13.6 Å². The second-order valence-electron chi connectivity index (χ2n) is 4.15. The number of hydrogen-bond donors (Lipinski definition) is 1. The average molecular weight is 282 g/mol. The van der Waals surface area contributed by atoms with E-state index in [1.54, 1.807) is 11.8 Å². The molecule has 1 fully saturated rings. The van der Waals surface area contributed by atoms with Crippen molar-refractivity contribution in [1.82, 2.24) is 10.2 Å². The molecular formula is C11H20F2N2O2S. The van der Waals surface area contributed by atoms with Gasteiger partial charge in [0, 0.05) is 44.2 Å². The summed E-state index contributed by atoms with van der Waals surface area (Å²) in [6, 6.07) is 0.0963. The molecule has 1 rings (SSSR count). The van der Waals surface area contributed by atoms with Crippen LogP contribution >= 0.6 is 11.8 Å². The van der Waals surface area contributed by atoms with Crippen LogP contribution in [-0.4, -0.2) is 68.1 Å². The van der Waals surface area contributed by atoms with Gasteiger partial charge in [-0.15, -0.1) is 0 Å². The van der Waals surface area contributed by atoms with Crippen LogP contribution in [0.4, 0.5) is 8.78 Å². The van der Waals surface area contributed by atoms with E-state index in [-0.39, 0.29) is 31.5 Å². The molecule has 4 nitrogen and oxygen atoms in total. The Bertz CT molecular complexity index is 251. The second-order valence-corrected chi connectivity index (χ2v) is 5.30. The van der Waals surface area contributed by atoms with Gasteiger partial charge in [0.1, 0.15) is 0 Å². The summed E-state index contributed by atoms with van der Waals surface area (Å²) in [7, 11) is 1.49. The zero-order valence-corrected chi connectivity index (χ0v) is 11.3. The predicted molar refractivity (Wildman–Crippen MR) is 68.2 cm³/mol. The standard InChI is InChI=1S/C11H20F2N2O2S/c1-17-4-3-15(7-10(12)13)11(16)6-9-8-18-5-2-14-9/h9-10,14H,2-8H2,1H3. The molecule has 1 atom stereocenters. The minimum Gasteiger partial charge on any atom is -0.383 e. The molecule has 18 heavy (non-hydrogen) atoms. The Labute approximate surface area is 110 Å². The molecular weight excluding hydrogens is 262 g/mol. The monoisotopic (exact) mass is 282 g/mol. The Morgan fingerprint density at radius 3 is 2.94 bits per heavy atom. The molecule has 0 radical (unpaired) electrons. The molecule has 0 aliphatic carbocycles. The molecule has 0 aromatic heterocycles. The first kappa shape index (κ1) is 15.7. The van der Waals surface area contributed by atoms with Crippen LogP contribution in [0.25, 0.3) is 0 Å². The summed E-state index contributed by atoms with van der Waals surface area (Å²) in [6.07, 6.45) is -2.22. The van der Waals surface area contributed by atoms with E-state index in [1.807, 2.05) is 0 Å². The molecule has 0 saturated carbocycles. The van der Waals surface area contributed by atoms with Crippen molar-refractivity contribution in [1.29, 1.82) is 0 Å². The number of ether oxygens (including phenoxy) is 1. The molecule has 1 heterocycles. The van der Waals surface area contributed by atoms with Crippen LogP contribution in [0.15, 0.2) is 0 Å². The van der Waals surface area contributed by atoms with Gasteiger partial charge in [0.2, 0.25) is 5.91 Å². The van der Waals surface area contributed by atoms with E-state index in [1.165, 1.54) is 12.0 Å². The summed E-state index contributed by atoms with van der Waals surface area (Å²) in [6.45, 7) is 0.864. The zero-order valence-electron chi connectivity index (χ0n) is 10.5. The molecule has 7 heteroatoms. The van der Waals surface area contributed by atoms with Crippen molar-refractivity contribution in [2.45, 2.75) is 18.9 Å². The highest BCUT2D eigenvalue weighted by Crippen LogP contribution is 2.12. The third kappa shape index (κ3) is 5.97. The Hall–Kier alpha value is -0.400. The number of nitrogens with one attached hydrogen (secondary N) is 1. The minimum atomic E-state index is -2.50. The number of methoxy groups -OCH3 is 1. The molecule has 0 aromatic carbocycles. The largest absolute Gasteiger partial charge is 0.383 e. The molecule has 1 aliphatic rings. The van der Waals surface area contributed by atoms with Crippen molar-refractivity contribution in [3.63, 3.8) is 0 Å². The van der Waals surface area contributed by atoms with Crippen LogP contribution in [0, 0.1) is 0 Å². The summed E-state index contributed by atoms with van der Waals surface area (Å²) in [5, 5.41) is 3.23. The van der Waals surface area contributed by atoms with Gasteiger partial charge in [-0.2, -0.15) is 11.8 Å². The zero-order chi connectivity index (χ0) is 13.4. The predicted octanol–water partition coefficient (Wildman–Crippen LogP) is 0.822. The highest BCUT2D eigenvalue weighted by Gasteiger charge is 2.22.